The Labute approximate surface area is 130 Å². The van der Waals surface area contributed by atoms with Gasteiger partial charge in [0.15, 0.2) is 5.78 Å². The summed E-state index contributed by atoms with van der Waals surface area (Å²) in [5.74, 6) is 0.0284. The second-order valence-corrected chi connectivity index (χ2v) is 5.41. The van der Waals surface area contributed by atoms with E-state index in [9.17, 15) is 4.79 Å². The molecule has 1 heterocycles. The van der Waals surface area contributed by atoms with Gasteiger partial charge >= 0.3 is 0 Å². The Hall–Kier alpha value is -2.74. The van der Waals surface area contributed by atoms with E-state index in [1.54, 1.807) is 6.20 Å². The molecule has 0 aliphatic carbocycles. The molecule has 1 aromatic heterocycles. The molecule has 108 valence electrons. The first-order valence-corrected chi connectivity index (χ1v) is 7.29. The Morgan fingerprint density at radius 2 is 1.68 bits per heavy atom. The molecule has 0 aliphatic rings. The van der Waals surface area contributed by atoms with Crippen molar-refractivity contribution in [3.05, 3.63) is 89.1 Å². The fourth-order valence-electron chi connectivity index (χ4n) is 2.56. The third-order valence-electron chi connectivity index (χ3n) is 3.72. The average Bonchev–Trinajstić information content (AvgIpc) is 2.55. The highest BCUT2D eigenvalue weighted by Gasteiger charge is 2.16. The van der Waals surface area contributed by atoms with Crippen molar-refractivity contribution in [2.45, 2.75) is 13.8 Å². The standard InChI is InChI=1S/C20H17NO/c1-14-10-11-17(20(22)16-8-4-3-5-9-16)18(13-14)19-15(2)7-6-12-21-19/h3-13H,1-2H3. The molecule has 0 aliphatic heterocycles. The van der Waals surface area contributed by atoms with Crippen molar-refractivity contribution in [1.29, 1.82) is 0 Å². The number of hydrogen-bond donors (Lipinski definition) is 0. The van der Waals surface area contributed by atoms with E-state index in [-0.39, 0.29) is 5.78 Å². The van der Waals surface area contributed by atoms with Crippen LogP contribution in [0.15, 0.2) is 66.9 Å². The van der Waals surface area contributed by atoms with Gasteiger partial charge in [0.05, 0.1) is 5.69 Å². The molecule has 0 radical (unpaired) electrons. The van der Waals surface area contributed by atoms with Gasteiger partial charge in [0.25, 0.3) is 0 Å². The summed E-state index contributed by atoms with van der Waals surface area (Å²) in [6, 6.07) is 19.2. The largest absolute Gasteiger partial charge is 0.289 e. The lowest BCUT2D eigenvalue weighted by Crippen LogP contribution is -2.05. The Kier molecular flexibility index (Phi) is 3.84. The summed E-state index contributed by atoms with van der Waals surface area (Å²) in [4.78, 5) is 17.3. The molecule has 0 N–H and O–H groups in total. The molecule has 0 saturated heterocycles. The number of nitrogens with zero attached hydrogens (tertiary/aromatic N) is 1. The maximum atomic E-state index is 12.8. The topological polar surface area (TPSA) is 30.0 Å². The van der Waals surface area contributed by atoms with Gasteiger partial charge in [-0.15, -0.1) is 0 Å². The fourth-order valence-corrected chi connectivity index (χ4v) is 2.56. The van der Waals surface area contributed by atoms with E-state index in [2.05, 4.69) is 4.98 Å². The molecule has 0 fully saturated rings. The first-order valence-electron chi connectivity index (χ1n) is 7.29. The van der Waals surface area contributed by atoms with Crippen molar-refractivity contribution in [1.82, 2.24) is 4.98 Å². The van der Waals surface area contributed by atoms with Crippen molar-refractivity contribution < 1.29 is 4.79 Å². The van der Waals surface area contributed by atoms with Gasteiger partial charge in [-0.3, -0.25) is 9.78 Å². The third kappa shape index (κ3) is 2.68. The van der Waals surface area contributed by atoms with Gasteiger partial charge < -0.3 is 0 Å². The zero-order valence-corrected chi connectivity index (χ0v) is 12.7. The van der Waals surface area contributed by atoms with Crippen molar-refractivity contribution in [2.24, 2.45) is 0 Å². The summed E-state index contributed by atoms with van der Waals surface area (Å²) in [6.45, 7) is 4.04. The van der Waals surface area contributed by atoms with Crippen LogP contribution >= 0.6 is 0 Å². The molecule has 22 heavy (non-hydrogen) atoms. The number of hydrogen-bond acceptors (Lipinski definition) is 2. The van der Waals surface area contributed by atoms with Crippen molar-refractivity contribution in [2.75, 3.05) is 0 Å². The number of carbonyl (C=O) groups is 1. The van der Waals surface area contributed by atoms with E-state index < -0.39 is 0 Å². The number of pyridine rings is 1. The highest BCUT2D eigenvalue weighted by Crippen LogP contribution is 2.27. The molecule has 0 unspecified atom stereocenters. The monoisotopic (exact) mass is 287 g/mol. The maximum absolute atomic E-state index is 12.8. The molecular weight excluding hydrogens is 270 g/mol. The molecule has 2 nitrogen and oxygen atoms in total. The van der Waals surface area contributed by atoms with Crippen molar-refractivity contribution in [3.8, 4) is 11.3 Å². The third-order valence-corrected chi connectivity index (χ3v) is 3.72. The van der Waals surface area contributed by atoms with Gasteiger partial charge in [-0.2, -0.15) is 0 Å². The summed E-state index contributed by atoms with van der Waals surface area (Å²) in [5.41, 5.74) is 5.33. The van der Waals surface area contributed by atoms with Crippen LogP contribution in [0.5, 0.6) is 0 Å². The van der Waals surface area contributed by atoms with Gasteiger partial charge in [0.1, 0.15) is 0 Å². The van der Waals surface area contributed by atoms with E-state index in [0.717, 1.165) is 22.4 Å². The molecule has 0 atom stereocenters. The number of carbonyl (C=O) groups excluding carboxylic acids is 1. The zero-order valence-electron chi connectivity index (χ0n) is 12.7. The normalized spacial score (nSPS) is 10.5. The van der Waals surface area contributed by atoms with Gasteiger partial charge in [0, 0.05) is 22.9 Å². The zero-order chi connectivity index (χ0) is 15.5. The maximum Gasteiger partial charge on any atom is 0.193 e. The highest BCUT2D eigenvalue weighted by atomic mass is 16.1. The molecule has 0 spiro atoms. The summed E-state index contributed by atoms with van der Waals surface area (Å²) in [7, 11) is 0. The first-order chi connectivity index (χ1) is 10.7. The van der Waals surface area contributed by atoms with Crippen LogP contribution in [0, 0.1) is 13.8 Å². The van der Waals surface area contributed by atoms with E-state index in [0.29, 0.717) is 11.1 Å². The molecular formula is C20H17NO. The average molecular weight is 287 g/mol. The second-order valence-electron chi connectivity index (χ2n) is 5.41. The summed E-state index contributed by atoms with van der Waals surface area (Å²) in [6.07, 6.45) is 1.77. The molecule has 3 rings (SSSR count). The van der Waals surface area contributed by atoms with Gasteiger partial charge in [-0.25, -0.2) is 0 Å². The van der Waals surface area contributed by atoms with Crippen LogP contribution in [-0.2, 0) is 0 Å². The van der Waals surface area contributed by atoms with E-state index >= 15 is 0 Å². The van der Waals surface area contributed by atoms with Crippen LogP contribution in [0.25, 0.3) is 11.3 Å². The Balaban J connectivity index is 2.18. The van der Waals surface area contributed by atoms with E-state index in [1.807, 2.05) is 74.5 Å². The molecule has 3 aromatic rings. The van der Waals surface area contributed by atoms with Gasteiger partial charge in [-0.05, 0) is 31.5 Å². The second kappa shape index (κ2) is 5.94. The minimum atomic E-state index is 0.0284. The van der Waals surface area contributed by atoms with Crippen LogP contribution in [0.2, 0.25) is 0 Å². The summed E-state index contributed by atoms with van der Waals surface area (Å²) < 4.78 is 0. The smallest absolute Gasteiger partial charge is 0.193 e. The number of aryl methyl sites for hydroxylation is 2. The Morgan fingerprint density at radius 3 is 2.41 bits per heavy atom. The van der Waals surface area contributed by atoms with Crippen LogP contribution in [0.3, 0.4) is 0 Å². The highest BCUT2D eigenvalue weighted by molar-refractivity contribution is 6.12. The van der Waals surface area contributed by atoms with Gasteiger partial charge in [-0.1, -0.05) is 54.1 Å². The van der Waals surface area contributed by atoms with Crippen LogP contribution < -0.4 is 0 Å². The minimum absolute atomic E-state index is 0.0284. The van der Waals surface area contributed by atoms with Crippen molar-refractivity contribution in [3.63, 3.8) is 0 Å². The molecule has 0 saturated carbocycles. The fraction of sp³-hybridized carbons (Fsp3) is 0.100. The van der Waals surface area contributed by atoms with Crippen LogP contribution in [0.1, 0.15) is 27.0 Å². The number of rotatable bonds is 3. The number of ketones is 1. The number of aromatic nitrogens is 1. The Morgan fingerprint density at radius 1 is 0.909 bits per heavy atom. The lowest BCUT2D eigenvalue weighted by Gasteiger charge is -2.11. The number of benzene rings is 2. The summed E-state index contributed by atoms with van der Waals surface area (Å²) >= 11 is 0. The van der Waals surface area contributed by atoms with Crippen molar-refractivity contribution >= 4 is 5.78 Å². The molecule has 0 bridgehead atoms. The summed E-state index contributed by atoms with van der Waals surface area (Å²) in [5, 5.41) is 0. The van der Waals surface area contributed by atoms with E-state index in [4.69, 9.17) is 0 Å². The lowest BCUT2D eigenvalue weighted by molar-refractivity contribution is 0.103. The molecule has 2 heteroatoms. The van der Waals surface area contributed by atoms with Crippen LogP contribution in [0.4, 0.5) is 0 Å². The molecule has 2 aromatic carbocycles. The lowest BCUT2D eigenvalue weighted by atomic mass is 9.93. The predicted octanol–water partition coefficient (Wildman–Crippen LogP) is 4.60. The van der Waals surface area contributed by atoms with Gasteiger partial charge in [0.2, 0.25) is 0 Å². The minimum Gasteiger partial charge on any atom is -0.289 e. The van der Waals surface area contributed by atoms with E-state index in [1.165, 1.54) is 0 Å². The first kappa shape index (κ1) is 14.2. The molecule has 0 amide bonds. The quantitative estimate of drug-likeness (QED) is 0.659. The Bertz CT molecular complexity index is 822. The SMILES string of the molecule is Cc1ccc(C(=O)c2ccccc2)c(-c2ncccc2C)c1. The predicted molar refractivity (Wildman–Crippen MR) is 89.0 cm³/mol. The van der Waals surface area contributed by atoms with Crippen LogP contribution in [-0.4, -0.2) is 10.8 Å².